The SMILES string of the molecule is CO[C@H]1/C=C/C[C@H](C)CS(=O)(NC(=O)c2cc3n(c2)CCN(S(C)(=O)=O)C3)=NC(=O)c2ccc3c(c2)N(C[C@@H]2CC[C@H]21)C[C@@]1(CCCc2cc(C)ccc21)CO3. The van der Waals surface area contributed by atoms with Crippen molar-refractivity contribution in [3.63, 3.8) is 0 Å². The maximum atomic E-state index is 14.8. The first kappa shape index (κ1) is 38.9. The van der Waals surface area contributed by atoms with Crippen LogP contribution in [0.25, 0.3) is 0 Å². The summed E-state index contributed by atoms with van der Waals surface area (Å²) in [7, 11) is -5.28. The zero-order chi connectivity index (χ0) is 39.4. The molecule has 2 aliphatic carbocycles. The third-order valence-corrected chi connectivity index (χ3v) is 15.8. The molecule has 1 unspecified atom stereocenters. The fourth-order valence-corrected chi connectivity index (χ4v) is 12.2. The fourth-order valence-electron chi connectivity index (χ4n) is 9.51. The lowest BCUT2D eigenvalue weighted by molar-refractivity contribution is 0.0131. The van der Waals surface area contributed by atoms with Gasteiger partial charge in [-0.25, -0.2) is 12.6 Å². The summed E-state index contributed by atoms with van der Waals surface area (Å²) in [5, 5.41) is 0. The maximum absolute atomic E-state index is 14.8. The van der Waals surface area contributed by atoms with Crippen LogP contribution in [-0.4, -0.2) is 84.8 Å². The van der Waals surface area contributed by atoms with Crippen molar-refractivity contribution in [3.05, 3.63) is 94.3 Å². The van der Waals surface area contributed by atoms with E-state index in [4.69, 9.17) is 9.47 Å². The van der Waals surface area contributed by atoms with Gasteiger partial charge in [-0.3, -0.25) is 14.3 Å². The molecule has 6 atom stereocenters. The summed E-state index contributed by atoms with van der Waals surface area (Å²) >= 11 is 0. The summed E-state index contributed by atoms with van der Waals surface area (Å²) in [6.45, 7) is 6.90. The number of sulfonamides is 1. The van der Waals surface area contributed by atoms with E-state index in [1.807, 2.05) is 23.6 Å². The molecule has 8 rings (SSSR count). The smallest absolute Gasteiger partial charge is 0.286 e. The summed E-state index contributed by atoms with van der Waals surface area (Å²) in [6.07, 6.45) is 12.7. The van der Waals surface area contributed by atoms with E-state index >= 15 is 0 Å². The number of nitrogens with one attached hydrogen (secondary N) is 1. The third kappa shape index (κ3) is 7.69. The minimum atomic E-state index is -3.63. The van der Waals surface area contributed by atoms with Gasteiger partial charge < -0.3 is 18.9 Å². The molecule has 1 aromatic heterocycles. The lowest BCUT2D eigenvalue weighted by Crippen LogP contribution is -2.49. The maximum Gasteiger partial charge on any atom is 0.286 e. The van der Waals surface area contributed by atoms with Gasteiger partial charge in [-0.15, -0.1) is 4.36 Å². The first-order chi connectivity index (χ1) is 26.7. The highest BCUT2D eigenvalue weighted by Crippen LogP contribution is 2.47. The molecule has 56 heavy (non-hydrogen) atoms. The van der Waals surface area contributed by atoms with E-state index < -0.39 is 31.8 Å². The number of rotatable bonds is 4. The van der Waals surface area contributed by atoms with Crippen LogP contribution in [0.5, 0.6) is 5.75 Å². The van der Waals surface area contributed by atoms with Crippen molar-refractivity contribution in [3.8, 4) is 5.75 Å². The van der Waals surface area contributed by atoms with Crippen LogP contribution in [0, 0.1) is 24.7 Å². The lowest BCUT2D eigenvalue weighted by atomic mass is 9.68. The minimum absolute atomic E-state index is 0.0461. The van der Waals surface area contributed by atoms with Gasteiger partial charge in [0.1, 0.15) is 15.7 Å². The number of benzene rings is 2. The van der Waals surface area contributed by atoms with E-state index in [1.54, 1.807) is 25.4 Å². The number of anilines is 1. The predicted octanol–water partition coefficient (Wildman–Crippen LogP) is 5.64. The number of nitrogens with zero attached hydrogens (tertiary/aromatic N) is 4. The summed E-state index contributed by atoms with van der Waals surface area (Å²) in [5.74, 6) is -0.147. The fraction of sp³-hybridized carbons (Fsp3) is 0.524. The summed E-state index contributed by atoms with van der Waals surface area (Å²) in [6, 6.07) is 13.7. The van der Waals surface area contributed by atoms with Gasteiger partial charge in [0.05, 0.1) is 42.5 Å². The molecule has 3 aromatic rings. The van der Waals surface area contributed by atoms with Crippen molar-refractivity contribution >= 4 is 37.4 Å². The number of ether oxygens (including phenoxy) is 2. The van der Waals surface area contributed by atoms with E-state index in [0.29, 0.717) is 42.9 Å². The molecule has 14 heteroatoms. The largest absolute Gasteiger partial charge is 0.490 e. The topological polar surface area (TPSA) is 140 Å². The molecule has 5 aliphatic rings. The van der Waals surface area contributed by atoms with Crippen LogP contribution in [0.2, 0.25) is 0 Å². The van der Waals surface area contributed by atoms with Crippen LogP contribution >= 0.6 is 0 Å². The Morgan fingerprint density at radius 3 is 2.73 bits per heavy atom. The van der Waals surface area contributed by atoms with Crippen LogP contribution in [-0.2, 0) is 49.6 Å². The Hall–Kier alpha value is -3.98. The second-order valence-corrected chi connectivity index (χ2v) is 20.7. The Labute approximate surface area is 331 Å². The molecule has 0 radical (unpaired) electrons. The highest BCUT2D eigenvalue weighted by Gasteiger charge is 2.44. The van der Waals surface area contributed by atoms with Gasteiger partial charge in [-0.1, -0.05) is 42.8 Å². The van der Waals surface area contributed by atoms with Crippen LogP contribution in [0.4, 0.5) is 5.69 Å². The summed E-state index contributed by atoms with van der Waals surface area (Å²) < 4.78 is 62.1. The Kier molecular flexibility index (Phi) is 10.5. The molecule has 300 valence electrons. The van der Waals surface area contributed by atoms with Crippen LogP contribution in [0.3, 0.4) is 0 Å². The van der Waals surface area contributed by atoms with E-state index in [-0.39, 0.29) is 47.4 Å². The van der Waals surface area contributed by atoms with Gasteiger partial charge in [0.2, 0.25) is 10.0 Å². The number of methoxy groups -OCH3 is 1. The number of fused-ring (bicyclic) bond motifs is 5. The molecule has 1 N–H and O–H groups in total. The van der Waals surface area contributed by atoms with Crippen molar-refractivity contribution in [2.24, 2.45) is 22.1 Å². The number of hydrogen-bond acceptors (Lipinski definition) is 8. The van der Waals surface area contributed by atoms with Crippen molar-refractivity contribution in [2.75, 3.05) is 50.3 Å². The second kappa shape index (κ2) is 15.1. The molecule has 0 saturated heterocycles. The van der Waals surface area contributed by atoms with Crippen molar-refractivity contribution in [1.82, 2.24) is 13.6 Å². The molecule has 1 fully saturated rings. The normalized spacial score (nSPS) is 30.1. The minimum Gasteiger partial charge on any atom is -0.490 e. The van der Waals surface area contributed by atoms with Gasteiger partial charge in [0.25, 0.3) is 11.8 Å². The van der Waals surface area contributed by atoms with Crippen molar-refractivity contribution in [1.29, 1.82) is 0 Å². The molecule has 2 amide bonds. The average molecular weight is 804 g/mol. The Morgan fingerprint density at radius 1 is 1.12 bits per heavy atom. The molecule has 4 heterocycles. The monoisotopic (exact) mass is 803 g/mol. The summed E-state index contributed by atoms with van der Waals surface area (Å²) in [5.41, 5.74) is 5.70. The Morgan fingerprint density at radius 2 is 1.96 bits per heavy atom. The third-order valence-electron chi connectivity index (χ3n) is 12.6. The highest BCUT2D eigenvalue weighted by molar-refractivity contribution is 7.92. The molecular weight excluding hydrogens is 751 g/mol. The van der Waals surface area contributed by atoms with Crippen LogP contribution in [0.15, 0.2) is 65.2 Å². The number of aryl methyl sites for hydroxylation is 2. The van der Waals surface area contributed by atoms with Gasteiger partial charge >= 0.3 is 0 Å². The van der Waals surface area contributed by atoms with E-state index in [0.717, 1.165) is 57.1 Å². The standard InChI is InChI=1S/C42H53N5O7S2/c1-28-10-14-36-30(19-28)8-6-16-42(36)26-46-22-32-11-13-35(32)38(53-3)9-5-7-29(2)25-56(52,43-40(48)31-12-15-39(54-27-42)37(46)21-31)44-41(49)33-20-34-24-47(55(4,50)51)18-17-45(34)23-33/h5,9-10,12,14-15,19-21,23,29,32,35,38H,6-8,11,13,16-18,22,24-27H2,1-4H3,(H,43,44,48,49,52)/b9-5+/t29-,32-,35+,38-,42-,56?/m0/s1. The lowest BCUT2D eigenvalue weighted by Gasteiger charge is -2.46. The van der Waals surface area contributed by atoms with Gasteiger partial charge in [0, 0.05) is 56.2 Å². The second-order valence-electron chi connectivity index (χ2n) is 16.8. The van der Waals surface area contributed by atoms with Crippen LogP contribution < -0.4 is 14.4 Å². The molecule has 1 saturated carbocycles. The molecule has 3 aliphatic heterocycles. The number of carbonyl (C=O) groups is 2. The molecule has 2 aromatic carbocycles. The molecule has 2 bridgehead atoms. The van der Waals surface area contributed by atoms with Crippen molar-refractivity contribution in [2.45, 2.75) is 77.0 Å². The first-order valence-electron chi connectivity index (χ1n) is 19.8. The number of carbonyl (C=O) groups excluding carboxylic acids is 2. The predicted molar refractivity (Wildman–Crippen MR) is 217 cm³/mol. The van der Waals surface area contributed by atoms with Gasteiger partial charge in [0.15, 0.2) is 0 Å². The highest BCUT2D eigenvalue weighted by atomic mass is 32.2. The number of aromatic nitrogens is 1. The molecule has 1 spiro atoms. The van der Waals surface area contributed by atoms with E-state index in [9.17, 15) is 22.2 Å². The number of amides is 2. The van der Waals surface area contributed by atoms with Gasteiger partial charge in [-0.2, -0.15) is 4.31 Å². The zero-order valence-electron chi connectivity index (χ0n) is 32.7. The molecule has 12 nitrogen and oxygen atoms in total. The van der Waals surface area contributed by atoms with E-state index in [1.165, 1.54) is 21.0 Å². The average Bonchev–Trinajstić information content (AvgIpc) is 3.51. The summed E-state index contributed by atoms with van der Waals surface area (Å²) in [4.78, 5) is 30.4. The number of hydrogen-bond donors (Lipinski definition) is 1. The quantitative estimate of drug-likeness (QED) is 0.335. The Balaban J connectivity index is 1.16. The van der Waals surface area contributed by atoms with E-state index in [2.05, 4.69) is 51.3 Å². The molecular formula is C42H53N5O7S2. The van der Waals surface area contributed by atoms with Crippen LogP contribution in [0.1, 0.15) is 82.1 Å². The number of allylic oxidation sites excluding steroid dienone is 1. The Bertz CT molecular complexity index is 2310. The zero-order valence-corrected chi connectivity index (χ0v) is 34.4. The van der Waals surface area contributed by atoms with Gasteiger partial charge in [-0.05, 0) is 98.6 Å². The first-order valence-corrected chi connectivity index (χ1v) is 23.3. The van der Waals surface area contributed by atoms with Crippen molar-refractivity contribution < 1.29 is 31.7 Å².